The van der Waals surface area contributed by atoms with Crippen LogP contribution in [0.3, 0.4) is 0 Å². The predicted molar refractivity (Wildman–Crippen MR) is 145 cm³/mol. The van der Waals surface area contributed by atoms with Crippen molar-refractivity contribution in [2.45, 2.75) is 17.5 Å². The number of nitrogens with zero attached hydrogens (tertiary/aromatic N) is 5. The monoisotopic (exact) mass is 562 g/mol. The summed E-state index contributed by atoms with van der Waals surface area (Å²) in [7, 11) is 0. The molecule has 2 aromatic carbocycles. The first-order valence-electron chi connectivity index (χ1n) is 11.5. The van der Waals surface area contributed by atoms with Gasteiger partial charge in [-0.25, -0.2) is 4.98 Å². The zero-order valence-corrected chi connectivity index (χ0v) is 22.1. The molecular formula is C26H19ClN6O3S2. The molecule has 1 N–H and O–H groups in total. The molecule has 190 valence electrons. The van der Waals surface area contributed by atoms with Crippen LogP contribution in [0.25, 0.3) is 17.1 Å². The summed E-state index contributed by atoms with van der Waals surface area (Å²) in [6, 6.07) is 16.9. The molecule has 12 heteroatoms. The Hall–Kier alpha value is -3.93. The second-order valence-corrected chi connectivity index (χ2v) is 10.4. The highest BCUT2D eigenvalue weighted by Crippen LogP contribution is 2.34. The summed E-state index contributed by atoms with van der Waals surface area (Å²) in [5.41, 5.74) is 2.93. The first-order valence-corrected chi connectivity index (χ1v) is 13.7. The largest absolute Gasteiger partial charge is 0.454 e. The molecule has 0 radical (unpaired) electrons. The number of ether oxygens (including phenoxy) is 2. The summed E-state index contributed by atoms with van der Waals surface area (Å²) in [5.74, 6) is 2.32. The standard InChI is InChI=1S/C26H19ClN6O3S2/c27-18-3-1-2-4-20(18)33-24(17-7-9-28-10-8-17)31-32-26(33)38-14-23-30-19(13-37-23)25(34)29-12-16-5-6-21-22(11-16)36-15-35-21/h1-11,13H,12,14-15H2,(H,29,34). The van der Waals surface area contributed by atoms with Crippen LogP contribution in [-0.4, -0.2) is 37.4 Å². The molecule has 0 fully saturated rings. The van der Waals surface area contributed by atoms with Gasteiger partial charge in [0.2, 0.25) is 6.79 Å². The Morgan fingerprint density at radius 3 is 2.79 bits per heavy atom. The van der Waals surface area contributed by atoms with E-state index < -0.39 is 0 Å². The van der Waals surface area contributed by atoms with Crippen LogP contribution >= 0.6 is 34.7 Å². The lowest BCUT2D eigenvalue weighted by molar-refractivity contribution is 0.0946. The molecule has 0 saturated heterocycles. The zero-order valence-electron chi connectivity index (χ0n) is 19.7. The van der Waals surface area contributed by atoms with Gasteiger partial charge in [0.15, 0.2) is 22.5 Å². The number of nitrogens with one attached hydrogen (secondary N) is 1. The fourth-order valence-electron chi connectivity index (χ4n) is 3.83. The highest BCUT2D eigenvalue weighted by molar-refractivity contribution is 7.98. The zero-order chi connectivity index (χ0) is 25.9. The van der Waals surface area contributed by atoms with Crippen molar-refractivity contribution in [1.82, 2.24) is 30.0 Å². The van der Waals surface area contributed by atoms with E-state index in [4.69, 9.17) is 21.1 Å². The fraction of sp³-hybridized carbons (Fsp3) is 0.115. The lowest BCUT2D eigenvalue weighted by Crippen LogP contribution is -2.23. The van der Waals surface area contributed by atoms with Gasteiger partial charge in [0, 0.05) is 29.9 Å². The Morgan fingerprint density at radius 2 is 1.92 bits per heavy atom. The number of halogens is 1. The van der Waals surface area contributed by atoms with Crippen LogP contribution in [0.2, 0.25) is 5.02 Å². The van der Waals surface area contributed by atoms with Gasteiger partial charge in [0.25, 0.3) is 5.91 Å². The number of para-hydroxylation sites is 1. The summed E-state index contributed by atoms with van der Waals surface area (Å²) in [6.45, 7) is 0.570. The van der Waals surface area contributed by atoms with Crippen molar-refractivity contribution in [2.24, 2.45) is 0 Å². The second-order valence-electron chi connectivity index (χ2n) is 8.11. The molecule has 3 aromatic heterocycles. The normalized spacial score (nSPS) is 12.0. The smallest absolute Gasteiger partial charge is 0.271 e. The van der Waals surface area contributed by atoms with E-state index in [2.05, 4.69) is 25.5 Å². The molecule has 0 unspecified atom stereocenters. The molecule has 0 saturated carbocycles. The number of carbonyl (C=O) groups is 1. The van der Waals surface area contributed by atoms with Gasteiger partial charge >= 0.3 is 0 Å². The molecule has 0 bridgehead atoms. The molecule has 38 heavy (non-hydrogen) atoms. The van der Waals surface area contributed by atoms with Crippen LogP contribution in [0.1, 0.15) is 21.1 Å². The van der Waals surface area contributed by atoms with E-state index in [1.54, 1.807) is 17.8 Å². The summed E-state index contributed by atoms with van der Waals surface area (Å²) in [6.07, 6.45) is 3.42. The lowest BCUT2D eigenvalue weighted by Gasteiger charge is -2.11. The van der Waals surface area contributed by atoms with Gasteiger partial charge < -0.3 is 14.8 Å². The third-order valence-corrected chi connectivity index (χ3v) is 7.96. The van der Waals surface area contributed by atoms with Crippen LogP contribution in [0.15, 0.2) is 77.5 Å². The van der Waals surface area contributed by atoms with Crippen molar-refractivity contribution in [3.63, 3.8) is 0 Å². The Labute approximate surface area is 230 Å². The minimum absolute atomic E-state index is 0.213. The van der Waals surface area contributed by atoms with Gasteiger partial charge in [0.1, 0.15) is 10.7 Å². The molecular weight excluding hydrogens is 544 g/mol. The van der Waals surface area contributed by atoms with Gasteiger partial charge in [-0.2, -0.15) is 0 Å². The Kier molecular flexibility index (Phi) is 6.95. The molecule has 6 rings (SSSR count). The first-order chi connectivity index (χ1) is 18.7. The van der Waals surface area contributed by atoms with Crippen LogP contribution in [0.4, 0.5) is 0 Å². The highest BCUT2D eigenvalue weighted by atomic mass is 35.5. The maximum Gasteiger partial charge on any atom is 0.271 e. The highest BCUT2D eigenvalue weighted by Gasteiger charge is 2.19. The minimum atomic E-state index is -0.241. The average Bonchev–Trinajstić information content (AvgIpc) is 3.71. The molecule has 1 aliphatic rings. The topological polar surface area (TPSA) is 104 Å². The van der Waals surface area contributed by atoms with E-state index in [9.17, 15) is 4.79 Å². The van der Waals surface area contributed by atoms with Gasteiger partial charge in [-0.05, 0) is 42.0 Å². The summed E-state index contributed by atoms with van der Waals surface area (Å²) < 4.78 is 12.7. The van der Waals surface area contributed by atoms with Crippen LogP contribution in [0.5, 0.6) is 11.5 Å². The van der Waals surface area contributed by atoms with E-state index in [0.717, 1.165) is 21.8 Å². The van der Waals surface area contributed by atoms with Crippen molar-refractivity contribution in [2.75, 3.05) is 6.79 Å². The maximum absolute atomic E-state index is 12.7. The average molecular weight is 563 g/mol. The molecule has 0 aliphatic carbocycles. The minimum Gasteiger partial charge on any atom is -0.454 e. The van der Waals surface area contributed by atoms with Gasteiger partial charge in [-0.1, -0.05) is 41.6 Å². The SMILES string of the molecule is O=C(NCc1ccc2c(c1)OCO2)c1csc(CSc2nnc(-c3ccncc3)n2-c2ccccc2Cl)n1. The van der Waals surface area contributed by atoms with Crippen LogP contribution in [0, 0.1) is 0 Å². The number of fused-ring (bicyclic) bond motifs is 1. The van der Waals surface area contributed by atoms with E-state index >= 15 is 0 Å². The number of amides is 1. The molecule has 1 aliphatic heterocycles. The maximum atomic E-state index is 12.7. The number of aromatic nitrogens is 5. The lowest BCUT2D eigenvalue weighted by atomic mass is 10.2. The Bertz CT molecular complexity index is 1610. The van der Waals surface area contributed by atoms with Gasteiger partial charge in [0.05, 0.1) is 16.5 Å². The summed E-state index contributed by atoms with van der Waals surface area (Å²) in [4.78, 5) is 21.3. The second kappa shape index (κ2) is 10.8. The van der Waals surface area contributed by atoms with Crippen LogP contribution < -0.4 is 14.8 Å². The van der Waals surface area contributed by atoms with Crippen molar-refractivity contribution in [1.29, 1.82) is 0 Å². The van der Waals surface area contributed by atoms with E-state index in [1.165, 1.54) is 23.1 Å². The fourth-order valence-corrected chi connectivity index (χ4v) is 5.79. The van der Waals surface area contributed by atoms with E-state index in [-0.39, 0.29) is 12.7 Å². The van der Waals surface area contributed by atoms with Crippen molar-refractivity contribution >= 4 is 40.6 Å². The summed E-state index contributed by atoms with van der Waals surface area (Å²) in [5, 5.41) is 15.6. The van der Waals surface area contributed by atoms with E-state index in [1.807, 2.05) is 59.2 Å². The molecule has 0 spiro atoms. The Balaban J connectivity index is 1.16. The van der Waals surface area contributed by atoms with Crippen molar-refractivity contribution in [3.8, 4) is 28.6 Å². The predicted octanol–water partition coefficient (Wildman–Crippen LogP) is 5.39. The Morgan fingerprint density at radius 1 is 1.08 bits per heavy atom. The number of thiazole rings is 1. The number of benzene rings is 2. The number of pyridine rings is 1. The molecule has 4 heterocycles. The van der Waals surface area contributed by atoms with Gasteiger partial charge in [-0.3, -0.25) is 14.3 Å². The van der Waals surface area contributed by atoms with Crippen molar-refractivity contribution in [3.05, 3.63) is 93.7 Å². The number of carbonyl (C=O) groups excluding carboxylic acids is 1. The molecule has 1 amide bonds. The first kappa shape index (κ1) is 24.4. The van der Waals surface area contributed by atoms with Crippen molar-refractivity contribution < 1.29 is 14.3 Å². The molecule has 9 nitrogen and oxygen atoms in total. The van der Waals surface area contributed by atoms with Gasteiger partial charge in [-0.15, -0.1) is 21.5 Å². The number of thioether (sulfide) groups is 1. The third-order valence-electron chi connectivity index (χ3n) is 5.66. The number of rotatable bonds is 8. The quantitative estimate of drug-likeness (QED) is 0.251. The number of hydrogen-bond donors (Lipinski definition) is 1. The molecule has 0 atom stereocenters. The third kappa shape index (κ3) is 5.08. The van der Waals surface area contributed by atoms with E-state index in [0.29, 0.717) is 45.5 Å². The van der Waals surface area contributed by atoms with Crippen LogP contribution in [-0.2, 0) is 12.3 Å². The summed E-state index contributed by atoms with van der Waals surface area (Å²) >= 11 is 9.43. The number of hydrogen-bond acceptors (Lipinski definition) is 9. The molecule has 5 aromatic rings.